The molecule has 0 radical (unpaired) electrons. The molecule has 2 heteroatoms. The van der Waals surface area contributed by atoms with Gasteiger partial charge in [-0.15, -0.1) is 0 Å². The van der Waals surface area contributed by atoms with Crippen LogP contribution in [0.25, 0.3) is 0 Å². The zero-order chi connectivity index (χ0) is 11.1. The topological polar surface area (TPSA) is 15.3 Å². The highest BCUT2D eigenvalue weighted by Gasteiger charge is 2.23. The normalized spacial score (nSPS) is 24.6. The van der Waals surface area contributed by atoms with E-state index in [9.17, 15) is 0 Å². The first-order chi connectivity index (χ1) is 7.30. The quantitative estimate of drug-likeness (QED) is 0.697. The van der Waals surface area contributed by atoms with Crippen molar-refractivity contribution < 1.29 is 0 Å². The van der Waals surface area contributed by atoms with Crippen LogP contribution in [-0.2, 0) is 0 Å². The lowest BCUT2D eigenvalue weighted by atomic mass is 10.0. The Hall–Kier alpha value is -0.0800. The molecule has 2 atom stereocenters. The van der Waals surface area contributed by atoms with Gasteiger partial charge < -0.3 is 10.2 Å². The number of likely N-dealkylation sites (tertiary alicyclic amines) is 1. The summed E-state index contributed by atoms with van der Waals surface area (Å²) in [4.78, 5) is 2.65. The van der Waals surface area contributed by atoms with Crippen molar-refractivity contribution >= 4 is 0 Å². The van der Waals surface area contributed by atoms with E-state index in [1.165, 1.54) is 51.7 Å². The molecule has 1 fully saturated rings. The van der Waals surface area contributed by atoms with E-state index in [0.717, 1.165) is 5.92 Å². The molecule has 2 nitrogen and oxygen atoms in total. The van der Waals surface area contributed by atoms with Gasteiger partial charge >= 0.3 is 0 Å². The third kappa shape index (κ3) is 4.52. The third-order valence-electron chi connectivity index (χ3n) is 3.59. The van der Waals surface area contributed by atoms with E-state index in [1.807, 2.05) is 0 Å². The highest BCUT2D eigenvalue weighted by Crippen LogP contribution is 2.21. The summed E-state index contributed by atoms with van der Waals surface area (Å²) in [6, 6.07) is 0.704. The summed E-state index contributed by atoms with van der Waals surface area (Å²) < 4.78 is 0. The van der Waals surface area contributed by atoms with Gasteiger partial charge in [0.2, 0.25) is 0 Å². The Balaban J connectivity index is 2.21. The maximum absolute atomic E-state index is 3.44. The van der Waals surface area contributed by atoms with Gasteiger partial charge in [-0.1, -0.05) is 26.7 Å². The summed E-state index contributed by atoms with van der Waals surface area (Å²) in [6.07, 6.45) is 6.80. The van der Waals surface area contributed by atoms with Gasteiger partial charge in [-0.05, 0) is 38.8 Å². The van der Waals surface area contributed by atoms with Crippen LogP contribution in [0.4, 0.5) is 0 Å². The monoisotopic (exact) mass is 212 g/mol. The fourth-order valence-electron chi connectivity index (χ4n) is 2.71. The van der Waals surface area contributed by atoms with E-state index in [4.69, 9.17) is 0 Å². The van der Waals surface area contributed by atoms with Gasteiger partial charge in [0.1, 0.15) is 0 Å². The van der Waals surface area contributed by atoms with Gasteiger partial charge in [0.15, 0.2) is 0 Å². The molecule has 1 aliphatic rings. The lowest BCUT2D eigenvalue weighted by Gasteiger charge is -2.23. The molecule has 0 aromatic rings. The van der Waals surface area contributed by atoms with Crippen LogP contribution >= 0.6 is 0 Å². The largest absolute Gasteiger partial charge is 0.316 e. The van der Waals surface area contributed by atoms with Gasteiger partial charge in [0, 0.05) is 19.1 Å². The molecule has 0 bridgehead atoms. The van der Waals surface area contributed by atoms with Crippen molar-refractivity contribution in [2.45, 2.75) is 52.0 Å². The Bertz CT molecular complexity index is 159. The Morgan fingerprint density at radius 2 is 2.13 bits per heavy atom. The van der Waals surface area contributed by atoms with Crippen molar-refractivity contribution in [3.05, 3.63) is 0 Å². The summed E-state index contributed by atoms with van der Waals surface area (Å²) in [5.74, 6) is 0.981. The maximum atomic E-state index is 3.44. The molecule has 1 heterocycles. The number of likely N-dealkylation sites (N-methyl/N-ethyl adjacent to an activating group) is 1. The summed E-state index contributed by atoms with van der Waals surface area (Å²) in [7, 11) is 2.10. The lowest BCUT2D eigenvalue weighted by molar-refractivity contribution is 0.277. The van der Waals surface area contributed by atoms with Gasteiger partial charge in [-0.2, -0.15) is 0 Å². The second-order valence-electron chi connectivity index (χ2n) is 4.98. The number of nitrogens with one attached hydrogen (secondary N) is 1. The molecule has 2 unspecified atom stereocenters. The summed E-state index contributed by atoms with van der Waals surface area (Å²) >= 11 is 0. The average Bonchev–Trinajstić information content (AvgIpc) is 2.66. The zero-order valence-electron chi connectivity index (χ0n) is 10.8. The molecule has 15 heavy (non-hydrogen) atoms. The summed E-state index contributed by atoms with van der Waals surface area (Å²) in [5, 5.41) is 3.44. The van der Waals surface area contributed by atoms with Gasteiger partial charge in [0.25, 0.3) is 0 Å². The fraction of sp³-hybridized carbons (Fsp3) is 1.00. The first-order valence-corrected chi connectivity index (χ1v) is 6.69. The molecular weight excluding hydrogens is 184 g/mol. The minimum absolute atomic E-state index is 0.704. The molecule has 90 valence electrons. The number of nitrogens with zero attached hydrogens (tertiary/aromatic N) is 1. The number of hydrogen-bond donors (Lipinski definition) is 1. The molecule has 0 saturated carbocycles. The SMILES string of the molecule is CCCC1CCN(CC(CCC)NC)C1. The van der Waals surface area contributed by atoms with E-state index < -0.39 is 0 Å². The van der Waals surface area contributed by atoms with E-state index in [0.29, 0.717) is 6.04 Å². The van der Waals surface area contributed by atoms with Crippen LogP contribution in [-0.4, -0.2) is 37.6 Å². The van der Waals surface area contributed by atoms with Gasteiger partial charge in [-0.3, -0.25) is 0 Å². The predicted octanol–water partition coefficient (Wildman–Crippen LogP) is 2.50. The van der Waals surface area contributed by atoms with Crippen molar-refractivity contribution in [3.8, 4) is 0 Å². The Labute approximate surface area is 95.4 Å². The molecule has 0 spiro atoms. The molecule has 1 rings (SSSR count). The molecule has 0 aromatic carbocycles. The molecule has 1 aliphatic heterocycles. The van der Waals surface area contributed by atoms with Crippen molar-refractivity contribution in [3.63, 3.8) is 0 Å². The molecular formula is C13H28N2. The third-order valence-corrected chi connectivity index (χ3v) is 3.59. The maximum Gasteiger partial charge on any atom is 0.0191 e. The van der Waals surface area contributed by atoms with E-state index in [2.05, 4.69) is 31.1 Å². The van der Waals surface area contributed by atoms with Gasteiger partial charge in [0.05, 0.1) is 0 Å². The van der Waals surface area contributed by atoms with Crippen LogP contribution in [0, 0.1) is 5.92 Å². The van der Waals surface area contributed by atoms with E-state index >= 15 is 0 Å². The Morgan fingerprint density at radius 1 is 1.33 bits per heavy atom. The highest BCUT2D eigenvalue weighted by atomic mass is 15.2. The summed E-state index contributed by atoms with van der Waals surface area (Å²) in [6.45, 7) is 8.50. The number of rotatable bonds is 7. The van der Waals surface area contributed by atoms with Crippen LogP contribution in [0.15, 0.2) is 0 Å². The molecule has 0 aromatic heterocycles. The van der Waals surface area contributed by atoms with Crippen molar-refractivity contribution in [2.75, 3.05) is 26.7 Å². The minimum atomic E-state index is 0.704. The second-order valence-corrected chi connectivity index (χ2v) is 4.98. The smallest absolute Gasteiger partial charge is 0.0191 e. The first kappa shape index (κ1) is 13.0. The van der Waals surface area contributed by atoms with E-state index in [1.54, 1.807) is 0 Å². The first-order valence-electron chi connectivity index (χ1n) is 6.69. The van der Waals surface area contributed by atoms with E-state index in [-0.39, 0.29) is 0 Å². The Kier molecular flexibility index (Phi) is 6.26. The van der Waals surface area contributed by atoms with Crippen LogP contribution < -0.4 is 5.32 Å². The fourth-order valence-corrected chi connectivity index (χ4v) is 2.71. The van der Waals surface area contributed by atoms with Gasteiger partial charge in [-0.25, -0.2) is 0 Å². The molecule has 0 aliphatic carbocycles. The lowest BCUT2D eigenvalue weighted by Crippen LogP contribution is -2.38. The number of hydrogen-bond acceptors (Lipinski definition) is 2. The molecule has 1 saturated heterocycles. The Morgan fingerprint density at radius 3 is 2.73 bits per heavy atom. The second kappa shape index (κ2) is 7.24. The highest BCUT2D eigenvalue weighted by molar-refractivity contribution is 4.79. The molecule has 1 N–H and O–H groups in total. The minimum Gasteiger partial charge on any atom is -0.316 e. The van der Waals surface area contributed by atoms with Crippen LogP contribution in [0.2, 0.25) is 0 Å². The van der Waals surface area contributed by atoms with Crippen molar-refractivity contribution in [1.82, 2.24) is 10.2 Å². The van der Waals surface area contributed by atoms with Crippen LogP contribution in [0.1, 0.15) is 46.0 Å². The molecule has 0 amide bonds. The summed E-state index contributed by atoms with van der Waals surface area (Å²) in [5.41, 5.74) is 0. The van der Waals surface area contributed by atoms with Crippen LogP contribution in [0.3, 0.4) is 0 Å². The standard InChI is InChI=1S/C13H28N2/c1-4-6-12-8-9-15(10-12)11-13(14-3)7-5-2/h12-14H,4-11H2,1-3H3. The van der Waals surface area contributed by atoms with Crippen molar-refractivity contribution in [1.29, 1.82) is 0 Å². The van der Waals surface area contributed by atoms with Crippen molar-refractivity contribution in [2.24, 2.45) is 5.92 Å². The van der Waals surface area contributed by atoms with Crippen LogP contribution in [0.5, 0.6) is 0 Å². The average molecular weight is 212 g/mol. The zero-order valence-corrected chi connectivity index (χ0v) is 10.8. The predicted molar refractivity (Wildman–Crippen MR) is 67.2 cm³/mol.